The first-order chi connectivity index (χ1) is 21.2. The number of rotatable bonds is 7. The van der Waals surface area contributed by atoms with E-state index >= 15 is 4.39 Å². The highest BCUT2D eigenvalue weighted by molar-refractivity contribution is 5.93. The third kappa shape index (κ3) is 5.73. The van der Waals surface area contributed by atoms with Crippen LogP contribution in [0.3, 0.4) is 0 Å². The summed E-state index contributed by atoms with van der Waals surface area (Å²) in [7, 11) is 0. The number of amides is 1. The normalized spacial score (nSPS) is 26.2. The molecule has 44 heavy (non-hydrogen) atoms. The second kappa shape index (κ2) is 12.1. The van der Waals surface area contributed by atoms with Gasteiger partial charge < -0.3 is 30.1 Å². The molecule has 0 spiro atoms. The van der Waals surface area contributed by atoms with E-state index in [2.05, 4.69) is 5.32 Å². The van der Waals surface area contributed by atoms with Crippen molar-refractivity contribution in [1.29, 1.82) is 0 Å². The molecule has 0 aromatic heterocycles. The van der Waals surface area contributed by atoms with Crippen LogP contribution in [0.2, 0.25) is 0 Å². The van der Waals surface area contributed by atoms with Gasteiger partial charge in [0.2, 0.25) is 0 Å². The molecule has 6 rings (SSSR count). The smallest absolute Gasteiger partial charge is 0.311 e. The number of benzene rings is 1. The molecule has 3 aliphatic carbocycles. The first-order valence-corrected chi connectivity index (χ1v) is 15.5. The van der Waals surface area contributed by atoms with E-state index < -0.39 is 23.7 Å². The van der Waals surface area contributed by atoms with E-state index in [0.29, 0.717) is 62.2 Å². The molecule has 5 aliphatic rings. The summed E-state index contributed by atoms with van der Waals surface area (Å²) in [5.74, 6) is -1.24. The monoisotopic (exact) mass is 601 g/mol. The first-order valence-electron chi connectivity index (χ1n) is 15.5. The second-order valence-electron chi connectivity index (χ2n) is 12.3. The number of allylic oxidation sites excluding steroid dienone is 5. The topological polar surface area (TPSA) is 102 Å². The Kier molecular flexibility index (Phi) is 8.24. The van der Waals surface area contributed by atoms with Crippen LogP contribution in [-0.4, -0.2) is 69.4 Å². The van der Waals surface area contributed by atoms with Crippen molar-refractivity contribution in [2.24, 2.45) is 0 Å². The van der Waals surface area contributed by atoms with Gasteiger partial charge in [-0.3, -0.25) is 9.59 Å². The fourth-order valence-electron chi connectivity index (χ4n) is 7.04. The minimum absolute atomic E-state index is 0.119. The van der Waals surface area contributed by atoms with Crippen LogP contribution < -0.4 is 5.32 Å². The minimum Gasteiger partial charge on any atom is -0.498 e. The number of fused-ring (bicyclic) bond motifs is 1. The van der Waals surface area contributed by atoms with Gasteiger partial charge in [0.15, 0.2) is 0 Å². The van der Waals surface area contributed by atoms with Crippen molar-refractivity contribution in [3.05, 3.63) is 99.9 Å². The number of aliphatic hydroxyl groups is 1. The van der Waals surface area contributed by atoms with E-state index in [9.17, 15) is 19.8 Å². The molecule has 8 nitrogen and oxygen atoms in total. The SMILES string of the molecule is CCOC1=CC=CC(N2C=C(C(=O)N3CCC(O)(C4=Cc5ccccc5C(C(=O)O)C4)CC3)NC2C2=C(F)C=C(C)CC2)C1. The third-order valence-electron chi connectivity index (χ3n) is 9.53. The van der Waals surface area contributed by atoms with Gasteiger partial charge in [-0.1, -0.05) is 48.1 Å². The number of aliphatic carboxylic acids is 1. The Morgan fingerprint density at radius 2 is 1.91 bits per heavy atom. The number of hydrogen-bond donors (Lipinski definition) is 3. The zero-order valence-corrected chi connectivity index (χ0v) is 25.3. The van der Waals surface area contributed by atoms with E-state index in [-0.39, 0.29) is 24.2 Å². The first kappa shape index (κ1) is 29.9. The molecule has 3 N–H and O–H groups in total. The Morgan fingerprint density at radius 1 is 1.14 bits per heavy atom. The van der Waals surface area contributed by atoms with Crippen LogP contribution in [0.15, 0.2) is 88.8 Å². The largest absolute Gasteiger partial charge is 0.498 e. The van der Waals surface area contributed by atoms with Crippen molar-refractivity contribution in [3.8, 4) is 0 Å². The highest BCUT2D eigenvalue weighted by atomic mass is 19.1. The zero-order chi connectivity index (χ0) is 31.0. The second-order valence-corrected chi connectivity index (χ2v) is 12.3. The van der Waals surface area contributed by atoms with Crippen molar-refractivity contribution in [2.75, 3.05) is 19.7 Å². The number of carbonyl (C=O) groups is 2. The number of likely N-dealkylation sites (tertiary alicyclic amines) is 1. The van der Waals surface area contributed by atoms with Crippen molar-refractivity contribution < 1.29 is 28.9 Å². The lowest BCUT2D eigenvalue weighted by Gasteiger charge is -2.41. The molecule has 1 saturated heterocycles. The molecule has 1 fully saturated rings. The van der Waals surface area contributed by atoms with Crippen molar-refractivity contribution in [3.63, 3.8) is 0 Å². The third-order valence-corrected chi connectivity index (χ3v) is 9.53. The molecule has 0 radical (unpaired) electrons. The molecular formula is C35H40FN3O5. The Hall–Kier alpha value is -4.11. The Morgan fingerprint density at radius 3 is 2.64 bits per heavy atom. The summed E-state index contributed by atoms with van der Waals surface area (Å²) in [5.41, 5.74) is 3.08. The summed E-state index contributed by atoms with van der Waals surface area (Å²) in [4.78, 5) is 29.7. The van der Waals surface area contributed by atoms with Gasteiger partial charge in [0.25, 0.3) is 5.91 Å². The lowest BCUT2D eigenvalue weighted by molar-refractivity contribution is -0.138. The lowest BCUT2D eigenvalue weighted by Crippen LogP contribution is -2.50. The van der Waals surface area contributed by atoms with E-state index in [1.807, 2.05) is 67.3 Å². The van der Waals surface area contributed by atoms with Gasteiger partial charge in [0.1, 0.15) is 17.7 Å². The summed E-state index contributed by atoms with van der Waals surface area (Å²) in [6.45, 7) is 5.05. The summed E-state index contributed by atoms with van der Waals surface area (Å²) in [6, 6.07) is 7.29. The Bertz CT molecular complexity index is 1530. The van der Waals surface area contributed by atoms with E-state index in [4.69, 9.17) is 4.74 Å². The molecule has 1 aromatic rings. The average Bonchev–Trinajstić information content (AvgIpc) is 3.46. The molecule has 0 bridgehead atoms. The van der Waals surface area contributed by atoms with Gasteiger partial charge in [-0.2, -0.15) is 0 Å². The highest BCUT2D eigenvalue weighted by Crippen LogP contribution is 2.42. The molecule has 232 valence electrons. The van der Waals surface area contributed by atoms with Crippen LogP contribution in [0.1, 0.15) is 69.4 Å². The summed E-state index contributed by atoms with van der Waals surface area (Å²) >= 11 is 0. The van der Waals surface area contributed by atoms with Gasteiger partial charge in [0.05, 0.1) is 29.9 Å². The molecule has 3 unspecified atom stereocenters. The fraction of sp³-hybridized carbons (Fsp3) is 0.429. The lowest BCUT2D eigenvalue weighted by atomic mass is 9.74. The predicted molar refractivity (Wildman–Crippen MR) is 165 cm³/mol. The molecular weight excluding hydrogens is 561 g/mol. The quantitative estimate of drug-likeness (QED) is 0.391. The van der Waals surface area contributed by atoms with Gasteiger partial charge in [-0.15, -0.1) is 0 Å². The molecule has 9 heteroatoms. The van der Waals surface area contributed by atoms with Crippen LogP contribution in [0.4, 0.5) is 4.39 Å². The van der Waals surface area contributed by atoms with Gasteiger partial charge >= 0.3 is 5.97 Å². The number of piperidine rings is 1. The highest BCUT2D eigenvalue weighted by Gasteiger charge is 2.43. The number of nitrogens with zero attached hydrogens (tertiary/aromatic N) is 2. The molecule has 1 amide bonds. The zero-order valence-electron chi connectivity index (χ0n) is 25.3. The van der Waals surface area contributed by atoms with Crippen molar-refractivity contribution in [1.82, 2.24) is 15.1 Å². The Labute approximate surface area is 257 Å². The average molecular weight is 602 g/mol. The maximum atomic E-state index is 15.3. The molecule has 3 atom stereocenters. The fourth-order valence-corrected chi connectivity index (χ4v) is 7.04. The number of ether oxygens (including phenoxy) is 1. The van der Waals surface area contributed by atoms with Crippen LogP contribution in [-0.2, 0) is 14.3 Å². The minimum atomic E-state index is -1.20. The molecule has 0 saturated carbocycles. The molecule has 2 aliphatic heterocycles. The summed E-state index contributed by atoms with van der Waals surface area (Å²) in [6.07, 6.45) is 13.5. The van der Waals surface area contributed by atoms with Crippen LogP contribution in [0.5, 0.6) is 0 Å². The predicted octanol–water partition coefficient (Wildman–Crippen LogP) is 5.28. The van der Waals surface area contributed by atoms with Crippen molar-refractivity contribution >= 4 is 18.0 Å². The number of carboxylic acid groups (broad SMARTS) is 1. The van der Waals surface area contributed by atoms with Gasteiger partial charge in [-0.25, -0.2) is 4.39 Å². The number of carbonyl (C=O) groups excluding carboxylic acids is 1. The number of nitrogens with one attached hydrogen (secondary N) is 1. The van der Waals surface area contributed by atoms with Crippen LogP contribution in [0, 0.1) is 0 Å². The summed E-state index contributed by atoms with van der Waals surface area (Å²) in [5, 5.41) is 25.0. The molecule has 2 heterocycles. The molecule has 1 aromatic carbocycles. The van der Waals surface area contributed by atoms with Gasteiger partial charge in [-0.05, 0) is 74.8 Å². The van der Waals surface area contributed by atoms with Crippen LogP contribution >= 0.6 is 0 Å². The standard InChI is InChI=1S/C35H40FN3O5/c1-3-44-26-9-6-8-25(20-26)39-21-31(37-32(39)28-12-11-22(2)17-30(28)36)33(40)38-15-13-35(43,14-16-38)24-18-23-7-4-5-10-27(23)29(19-24)34(41)42/h4-10,17-18,21,25,29,32,37,43H,3,11-16,19-20H2,1-2H3,(H,41,42). The number of carboxylic acids is 1. The number of hydrogen-bond acceptors (Lipinski definition) is 6. The van der Waals surface area contributed by atoms with Gasteiger partial charge in [0, 0.05) is 31.3 Å². The summed E-state index contributed by atoms with van der Waals surface area (Å²) < 4.78 is 21.1. The maximum Gasteiger partial charge on any atom is 0.311 e. The van der Waals surface area contributed by atoms with Crippen molar-refractivity contribution in [2.45, 2.75) is 76.1 Å². The maximum absolute atomic E-state index is 15.3. The Balaban J connectivity index is 1.20. The van der Waals surface area contributed by atoms with E-state index in [1.165, 1.54) is 0 Å². The van der Waals surface area contributed by atoms with E-state index in [1.54, 1.807) is 17.2 Å². The number of halogens is 1. The van der Waals surface area contributed by atoms with E-state index in [0.717, 1.165) is 28.9 Å². The van der Waals surface area contributed by atoms with Crippen LogP contribution in [0.25, 0.3) is 6.08 Å².